The van der Waals surface area contributed by atoms with Crippen LogP contribution in [-0.4, -0.2) is 85.7 Å². The van der Waals surface area contributed by atoms with Crippen molar-refractivity contribution in [2.45, 2.75) is 32.7 Å². The number of hydrogen-bond donors (Lipinski definition) is 1. The average Bonchev–Trinajstić information content (AvgIpc) is 3.42. The quantitative estimate of drug-likeness (QED) is 0.592. The van der Waals surface area contributed by atoms with Crippen LogP contribution >= 0.6 is 0 Å². The number of piperazine rings is 1. The Bertz CT molecular complexity index is 620. The standard InChI is InChI=1S/C20H33N5O3/c1-3-21-19(24-11-13-25(14-12-24)20(26)27-4-2)22-16-17(18-8-7-15-28-18)23-9-5-6-10-23/h7-8,15,17H,3-6,9-14,16H2,1-2H3,(H,21,22). The molecule has 1 N–H and O–H groups in total. The Hall–Kier alpha value is -2.22. The number of hydrogen-bond acceptors (Lipinski definition) is 5. The molecule has 2 aliphatic heterocycles. The Morgan fingerprint density at radius 3 is 2.50 bits per heavy atom. The van der Waals surface area contributed by atoms with Crippen LogP contribution in [-0.2, 0) is 4.74 Å². The Labute approximate surface area is 167 Å². The molecule has 1 aromatic rings. The maximum atomic E-state index is 11.9. The first-order valence-electron chi connectivity index (χ1n) is 10.4. The Morgan fingerprint density at radius 1 is 1.18 bits per heavy atom. The van der Waals surface area contributed by atoms with Gasteiger partial charge >= 0.3 is 6.09 Å². The van der Waals surface area contributed by atoms with Crippen LogP contribution in [0, 0.1) is 0 Å². The van der Waals surface area contributed by atoms with Crippen LogP contribution in [0.4, 0.5) is 4.79 Å². The minimum absolute atomic E-state index is 0.173. The van der Waals surface area contributed by atoms with Gasteiger partial charge in [-0.15, -0.1) is 0 Å². The largest absolute Gasteiger partial charge is 0.468 e. The highest BCUT2D eigenvalue weighted by Gasteiger charge is 2.27. The van der Waals surface area contributed by atoms with E-state index in [4.69, 9.17) is 14.1 Å². The zero-order valence-corrected chi connectivity index (χ0v) is 17.1. The van der Waals surface area contributed by atoms with E-state index in [2.05, 4.69) is 22.0 Å². The van der Waals surface area contributed by atoms with Crippen molar-refractivity contribution in [1.29, 1.82) is 0 Å². The second-order valence-electron chi connectivity index (χ2n) is 7.14. The number of nitrogens with one attached hydrogen (secondary N) is 1. The van der Waals surface area contributed by atoms with Gasteiger partial charge in [0.1, 0.15) is 5.76 Å². The van der Waals surface area contributed by atoms with E-state index in [9.17, 15) is 4.79 Å². The van der Waals surface area contributed by atoms with E-state index in [1.54, 1.807) is 11.2 Å². The molecule has 2 aliphatic rings. The summed E-state index contributed by atoms with van der Waals surface area (Å²) in [7, 11) is 0. The van der Waals surface area contributed by atoms with Crippen LogP contribution in [0.25, 0.3) is 0 Å². The van der Waals surface area contributed by atoms with Crippen molar-refractivity contribution >= 4 is 12.1 Å². The smallest absolute Gasteiger partial charge is 0.409 e. The molecule has 0 radical (unpaired) electrons. The summed E-state index contributed by atoms with van der Waals surface area (Å²) in [6.45, 7) is 10.8. The fourth-order valence-electron chi connectivity index (χ4n) is 3.83. The Balaban J connectivity index is 1.64. The van der Waals surface area contributed by atoms with E-state index in [0.717, 1.165) is 44.4 Å². The van der Waals surface area contributed by atoms with Gasteiger partial charge in [-0.25, -0.2) is 4.79 Å². The highest BCUT2D eigenvalue weighted by Crippen LogP contribution is 2.26. The average molecular weight is 392 g/mol. The van der Waals surface area contributed by atoms with Crippen molar-refractivity contribution in [3.63, 3.8) is 0 Å². The number of furan rings is 1. The molecule has 3 rings (SSSR count). The lowest BCUT2D eigenvalue weighted by Gasteiger charge is -2.36. The lowest BCUT2D eigenvalue weighted by molar-refractivity contribution is 0.0914. The highest BCUT2D eigenvalue weighted by molar-refractivity contribution is 5.80. The predicted molar refractivity (Wildman–Crippen MR) is 108 cm³/mol. The van der Waals surface area contributed by atoms with Crippen LogP contribution in [0.5, 0.6) is 0 Å². The number of carbonyl (C=O) groups excluding carboxylic acids is 1. The van der Waals surface area contributed by atoms with Gasteiger partial charge in [0.25, 0.3) is 0 Å². The summed E-state index contributed by atoms with van der Waals surface area (Å²) < 4.78 is 10.8. The molecule has 0 aliphatic carbocycles. The van der Waals surface area contributed by atoms with Crippen molar-refractivity contribution in [2.24, 2.45) is 4.99 Å². The minimum Gasteiger partial charge on any atom is -0.468 e. The fourth-order valence-corrected chi connectivity index (χ4v) is 3.83. The topological polar surface area (TPSA) is 73.6 Å². The third-order valence-corrected chi connectivity index (χ3v) is 5.31. The molecule has 1 amide bonds. The molecule has 1 aromatic heterocycles. The number of ether oxygens (including phenoxy) is 1. The summed E-state index contributed by atoms with van der Waals surface area (Å²) in [6.07, 6.45) is 3.98. The number of amides is 1. The molecule has 3 heterocycles. The molecule has 2 fully saturated rings. The van der Waals surface area contributed by atoms with Crippen molar-refractivity contribution in [3.8, 4) is 0 Å². The van der Waals surface area contributed by atoms with Gasteiger partial charge in [-0.2, -0.15) is 0 Å². The Kier molecular flexibility index (Phi) is 7.59. The van der Waals surface area contributed by atoms with Crippen molar-refractivity contribution in [2.75, 3.05) is 59.0 Å². The van der Waals surface area contributed by atoms with Gasteiger partial charge in [0, 0.05) is 32.7 Å². The van der Waals surface area contributed by atoms with E-state index in [0.29, 0.717) is 26.2 Å². The third kappa shape index (κ3) is 5.19. The number of guanidine groups is 1. The molecular weight excluding hydrogens is 358 g/mol. The molecule has 2 saturated heterocycles. The molecule has 0 saturated carbocycles. The van der Waals surface area contributed by atoms with E-state index < -0.39 is 0 Å². The van der Waals surface area contributed by atoms with E-state index in [-0.39, 0.29) is 12.1 Å². The van der Waals surface area contributed by atoms with E-state index >= 15 is 0 Å². The van der Waals surface area contributed by atoms with Crippen LogP contribution in [0.1, 0.15) is 38.5 Å². The van der Waals surface area contributed by atoms with Gasteiger partial charge in [-0.05, 0) is 51.9 Å². The summed E-state index contributed by atoms with van der Waals surface area (Å²) in [4.78, 5) is 23.3. The lowest BCUT2D eigenvalue weighted by Crippen LogP contribution is -2.54. The Morgan fingerprint density at radius 2 is 1.89 bits per heavy atom. The first kappa shape index (κ1) is 20.5. The molecule has 28 heavy (non-hydrogen) atoms. The second kappa shape index (κ2) is 10.4. The molecule has 1 atom stereocenters. The van der Waals surface area contributed by atoms with Gasteiger partial charge in [0.2, 0.25) is 0 Å². The fraction of sp³-hybridized carbons (Fsp3) is 0.700. The third-order valence-electron chi connectivity index (χ3n) is 5.31. The van der Waals surface area contributed by atoms with Gasteiger partial charge < -0.3 is 24.3 Å². The van der Waals surface area contributed by atoms with Crippen molar-refractivity contribution < 1.29 is 13.9 Å². The summed E-state index contributed by atoms with van der Waals surface area (Å²) in [5.41, 5.74) is 0. The van der Waals surface area contributed by atoms with Gasteiger partial charge in [0.15, 0.2) is 5.96 Å². The number of aliphatic imine (C=N–C) groups is 1. The van der Waals surface area contributed by atoms with Crippen LogP contribution in [0.3, 0.4) is 0 Å². The number of rotatable bonds is 6. The molecule has 8 nitrogen and oxygen atoms in total. The molecule has 0 spiro atoms. The summed E-state index contributed by atoms with van der Waals surface area (Å²) in [6, 6.07) is 4.16. The van der Waals surface area contributed by atoms with Crippen LogP contribution in [0.2, 0.25) is 0 Å². The molecule has 8 heteroatoms. The minimum atomic E-state index is -0.226. The molecular formula is C20H33N5O3. The first-order valence-corrected chi connectivity index (χ1v) is 10.4. The van der Waals surface area contributed by atoms with Crippen LogP contribution in [0.15, 0.2) is 27.8 Å². The van der Waals surface area contributed by atoms with Gasteiger partial charge in [0.05, 0.1) is 25.5 Å². The molecule has 0 aromatic carbocycles. The summed E-state index contributed by atoms with van der Waals surface area (Å²) in [5, 5.41) is 3.40. The predicted octanol–water partition coefficient (Wildman–Crippen LogP) is 2.16. The summed E-state index contributed by atoms with van der Waals surface area (Å²) >= 11 is 0. The zero-order chi connectivity index (χ0) is 19.8. The maximum absolute atomic E-state index is 11.9. The summed E-state index contributed by atoms with van der Waals surface area (Å²) in [5.74, 6) is 1.88. The van der Waals surface area contributed by atoms with E-state index in [1.807, 2.05) is 19.1 Å². The van der Waals surface area contributed by atoms with Gasteiger partial charge in [-0.1, -0.05) is 0 Å². The van der Waals surface area contributed by atoms with Crippen LogP contribution < -0.4 is 5.32 Å². The number of carbonyl (C=O) groups is 1. The number of likely N-dealkylation sites (tertiary alicyclic amines) is 1. The zero-order valence-electron chi connectivity index (χ0n) is 17.1. The van der Waals surface area contributed by atoms with Crippen molar-refractivity contribution in [3.05, 3.63) is 24.2 Å². The second-order valence-corrected chi connectivity index (χ2v) is 7.14. The lowest BCUT2D eigenvalue weighted by atomic mass is 10.2. The first-order chi connectivity index (χ1) is 13.7. The molecule has 1 unspecified atom stereocenters. The van der Waals surface area contributed by atoms with E-state index in [1.165, 1.54) is 12.8 Å². The molecule has 156 valence electrons. The highest BCUT2D eigenvalue weighted by atomic mass is 16.6. The van der Waals surface area contributed by atoms with Crippen molar-refractivity contribution in [1.82, 2.24) is 20.0 Å². The monoisotopic (exact) mass is 391 g/mol. The molecule has 0 bridgehead atoms. The normalized spacial score (nSPS) is 19.7. The van der Waals surface area contributed by atoms with Gasteiger partial charge in [-0.3, -0.25) is 9.89 Å². The number of nitrogens with zero attached hydrogens (tertiary/aromatic N) is 4. The maximum Gasteiger partial charge on any atom is 0.409 e. The SMILES string of the molecule is CCNC(=NCC(c1ccco1)N1CCCC1)N1CCN(C(=O)OCC)CC1.